The van der Waals surface area contributed by atoms with Crippen LogP contribution in [0.25, 0.3) is 0 Å². The maximum absolute atomic E-state index is 10.9. The van der Waals surface area contributed by atoms with E-state index in [1.54, 1.807) is 0 Å². The molecule has 2 aliphatic rings. The van der Waals surface area contributed by atoms with Crippen LogP contribution in [0.15, 0.2) is 22.4 Å². The summed E-state index contributed by atoms with van der Waals surface area (Å²) < 4.78 is 0. The first-order valence-electron chi connectivity index (χ1n) is 4.13. The van der Waals surface area contributed by atoms with Crippen molar-refractivity contribution in [1.82, 2.24) is 0 Å². The molecular weight excluding hydrogens is 154 g/mol. The van der Waals surface area contributed by atoms with Crippen molar-refractivity contribution in [3.8, 4) is 0 Å². The average Bonchev–Trinajstić information content (AvgIpc) is 2.47. The zero-order chi connectivity index (χ0) is 8.55. The van der Waals surface area contributed by atoms with Gasteiger partial charge in [0.1, 0.15) is 0 Å². The summed E-state index contributed by atoms with van der Waals surface area (Å²) in [5, 5.41) is 7.92. The van der Waals surface area contributed by atoms with E-state index in [1.807, 2.05) is 0 Å². The van der Waals surface area contributed by atoms with Gasteiger partial charge in [0.15, 0.2) is 6.04 Å². The number of nitrogens with two attached hydrogens (primary N) is 1. The van der Waals surface area contributed by atoms with E-state index in [4.69, 9.17) is 5.73 Å². The molecule has 2 rings (SSSR count). The summed E-state index contributed by atoms with van der Waals surface area (Å²) in [5.74, 6) is -0.117. The monoisotopic (exact) mass is 165 g/mol. The van der Waals surface area contributed by atoms with Crippen LogP contribution < -0.4 is 5.73 Å². The fourth-order valence-corrected chi connectivity index (χ4v) is 1.80. The quantitative estimate of drug-likeness (QED) is 0.569. The summed E-state index contributed by atoms with van der Waals surface area (Å²) in [6.07, 6.45) is 5.94. The van der Waals surface area contributed by atoms with Crippen LogP contribution in [0, 0.1) is 5.92 Å². The number of primary amides is 1. The molecule has 4 heteroatoms. The molecule has 2 N–H and O–H groups in total. The van der Waals surface area contributed by atoms with Gasteiger partial charge in [-0.15, -0.1) is 0 Å². The molecule has 1 heterocycles. The van der Waals surface area contributed by atoms with Crippen LogP contribution >= 0.6 is 0 Å². The molecule has 0 bridgehead atoms. The number of amides is 1. The number of carbonyl (C=O) groups excluding carboxylic acids is 1. The summed E-state index contributed by atoms with van der Waals surface area (Å²) in [7, 11) is 0. The van der Waals surface area contributed by atoms with E-state index in [9.17, 15) is 4.79 Å². The molecule has 0 aromatic carbocycles. The first-order valence-corrected chi connectivity index (χ1v) is 4.13. The lowest BCUT2D eigenvalue weighted by Crippen LogP contribution is -2.35. The highest BCUT2D eigenvalue weighted by Gasteiger charge is 2.37. The number of fused-ring (bicyclic) bond motifs is 1. The van der Waals surface area contributed by atoms with Crippen LogP contribution in [0.1, 0.15) is 12.8 Å². The Bertz CT molecular complexity index is 259. The Hall–Kier alpha value is -1.19. The smallest absolute Gasteiger partial charge is 0.244 e. The topological polar surface area (TPSA) is 67.8 Å². The van der Waals surface area contributed by atoms with Crippen molar-refractivity contribution in [2.45, 2.75) is 24.9 Å². The van der Waals surface area contributed by atoms with Gasteiger partial charge in [-0.2, -0.15) is 10.2 Å². The number of carbonyl (C=O) groups is 1. The zero-order valence-corrected chi connectivity index (χ0v) is 6.68. The fourth-order valence-electron chi connectivity index (χ4n) is 1.80. The van der Waals surface area contributed by atoms with Crippen LogP contribution in [-0.4, -0.2) is 18.0 Å². The maximum atomic E-state index is 10.9. The molecule has 3 atom stereocenters. The molecule has 12 heavy (non-hydrogen) atoms. The molecular formula is C8H11N3O. The van der Waals surface area contributed by atoms with Gasteiger partial charge in [-0.05, 0) is 12.8 Å². The van der Waals surface area contributed by atoms with Crippen LogP contribution in [0.4, 0.5) is 0 Å². The Morgan fingerprint density at radius 1 is 1.33 bits per heavy atom. The molecule has 0 saturated heterocycles. The van der Waals surface area contributed by atoms with Crippen LogP contribution in [0.5, 0.6) is 0 Å². The minimum Gasteiger partial charge on any atom is -0.368 e. The van der Waals surface area contributed by atoms with Gasteiger partial charge in [-0.25, -0.2) is 0 Å². The van der Waals surface area contributed by atoms with Gasteiger partial charge in [0.2, 0.25) is 5.91 Å². The number of hydrogen-bond acceptors (Lipinski definition) is 3. The highest BCUT2D eigenvalue weighted by atomic mass is 16.1. The standard InChI is InChI=1S/C8H11N3O/c9-8(12)7-5-3-1-2-4-6(5)10-11-7/h1-2,5-7H,3-4H2,(H2,9,12). The molecule has 0 fully saturated rings. The van der Waals surface area contributed by atoms with E-state index < -0.39 is 0 Å². The summed E-state index contributed by atoms with van der Waals surface area (Å²) in [4.78, 5) is 10.9. The highest BCUT2D eigenvalue weighted by molar-refractivity contribution is 5.80. The predicted molar refractivity (Wildman–Crippen MR) is 43.5 cm³/mol. The molecule has 1 amide bonds. The number of hydrogen-bond donors (Lipinski definition) is 1. The third kappa shape index (κ3) is 1.03. The SMILES string of the molecule is NC(=O)C1N=NC2CC=CCC21. The van der Waals surface area contributed by atoms with Crippen molar-refractivity contribution in [3.05, 3.63) is 12.2 Å². The van der Waals surface area contributed by atoms with E-state index >= 15 is 0 Å². The Morgan fingerprint density at radius 2 is 2.08 bits per heavy atom. The van der Waals surface area contributed by atoms with Crippen molar-refractivity contribution in [1.29, 1.82) is 0 Å². The molecule has 0 aromatic rings. The second-order valence-corrected chi connectivity index (χ2v) is 3.25. The van der Waals surface area contributed by atoms with E-state index in [1.165, 1.54) is 0 Å². The zero-order valence-electron chi connectivity index (χ0n) is 6.68. The van der Waals surface area contributed by atoms with Gasteiger partial charge in [-0.1, -0.05) is 12.2 Å². The molecule has 1 aliphatic carbocycles. The normalized spacial score (nSPS) is 38.2. The van der Waals surface area contributed by atoms with Gasteiger partial charge in [0, 0.05) is 5.92 Å². The molecule has 0 radical (unpaired) electrons. The van der Waals surface area contributed by atoms with Crippen molar-refractivity contribution < 1.29 is 4.79 Å². The lowest BCUT2D eigenvalue weighted by Gasteiger charge is -2.20. The second-order valence-electron chi connectivity index (χ2n) is 3.25. The summed E-state index contributed by atoms with van der Waals surface area (Å²) in [5.41, 5.74) is 5.19. The largest absolute Gasteiger partial charge is 0.368 e. The second kappa shape index (κ2) is 2.69. The first kappa shape index (κ1) is 7.46. The Morgan fingerprint density at radius 3 is 2.83 bits per heavy atom. The Labute approximate surface area is 70.5 Å². The maximum Gasteiger partial charge on any atom is 0.244 e. The Kier molecular flexibility index (Phi) is 1.67. The van der Waals surface area contributed by atoms with Crippen molar-refractivity contribution >= 4 is 5.91 Å². The van der Waals surface area contributed by atoms with E-state index in [-0.39, 0.29) is 23.9 Å². The lowest BCUT2D eigenvalue weighted by molar-refractivity contribution is -0.120. The van der Waals surface area contributed by atoms with Crippen LogP contribution in [0.3, 0.4) is 0 Å². The summed E-state index contributed by atoms with van der Waals surface area (Å²) >= 11 is 0. The first-order chi connectivity index (χ1) is 5.79. The minimum absolute atomic E-state index is 0.201. The Balaban J connectivity index is 2.17. The van der Waals surface area contributed by atoms with Crippen LogP contribution in [-0.2, 0) is 4.79 Å². The van der Waals surface area contributed by atoms with E-state index in [0.29, 0.717) is 0 Å². The fraction of sp³-hybridized carbons (Fsp3) is 0.625. The van der Waals surface area contributed by atoms with E-state index in [0.717, 1.165) is 12.8 Å². The van der Waals surface area contributed by atoms with Crippen LogP contribution in [0.2, 0.25) is 0 Å². The number of rotatable bonds is 1. The van der Waals surface area contributed by atoms with Gasteiger partial charge in [0.05, 0.1) is 6.04 Å². The molecule has 0 spiro atoms. The molecule has 4 nitrogen and oxygen atoms in total. The van der Waals surface area contributed by atoms with Crippen molar-refractivity contribution in [2.24, 2.45) is 21.9 Å². The summed E-state index contributed by atoms with van der Waals surface area (Å²) in [6, 6.07) is -0.174. The predicted octanol–water partition coefficient (Wildman–Crippen LogP) is 0.641. The number of nitrogens with zero attached hydrogens (tertiary/aromatic N) is 2. The van der Waals surface area contributed by atoms with Gasteiger partial charge in [0.25, 0.3) is 0 Å². The van der Waals surface area contributed by atoms with Gasteiger partial charge in [-0.3, -0.25) is 4.79 Å². The van der Waals surface area contributed by atoms with Crippen molar-refractivity contribution in [2.75, 3.05) is 0 Å². The average molecular weight is 165 g/mol. The number of azo groups is 1. The summed E-state index contributed by atoms with van der Waals surface area (Å²) in [6.45, 7) is 0. The highest BCUT2D eigenvalue weighted by Crippen LogP contribution is 2.32. The third-order valence-corrected chi connectivity index (χ3v) is 2.48. The van der Waals surface area contributed by atoms with Crippen molar-refractivity contribution in [3.63, 3.8) is 0 Å². The molecule has 64 valence electrons. The minimum atomic E-state index is -0.375. The van der Waals surface area contributed by atoms with Gasteiger partial charge >= 0.3 is 0 Å². The third-order valence-electron chi connectivity index (χ3n) is 2.48. The molecule has 0 aromatic heterocycles. The lowest BCUT2D eigenvalue weighted by atomic mass is 9.85. The molecule has 0 saturated carbocycles. The van der Waals surface area contributed by atoms with Gasteiger partial charge < -0.3 is 5.73 Å². The molecule has 1 aliphatic heterocycles. The van der Waals surface area contributed by atoms with E-state index in [2.05, 4.69) is 22.4 Å². The number of allylic oxidation sites excluding steroid dienone is 1. The molecule has 3 unspecified atom stereocenters.